The van der Waals surface area contributed by atoms with Gasteiger partial charge in [-0.1, -0.05) is 19.9 Å². The molecular weight excluding hydrogens is 176 g/mol. The summed E-state index contributed by atoms with van der Waals surface area (Å²) in [6.45, 7) is 10.5. The molecule has 1 fully saturated rings. The molecule has 0 bridgehead atoms. The summed E-state index contributed by atoms with van der Waals surface area (Å²) >= 11 is 0. The van der Waals surface area contributed by atoms with Gasteiger partial charge in [0.15, 0.2) is 0 Å². The van der Waals surface area contributed by atoms with Crippen molar-refractivity contribution in [2.75, 3.05) is 19.6 Å². The number of nitrogens with zero attached hydrogens (tertiary/aromatic N) is 1. The van der Waals surface area contributed by atoms with Crippen LogP contribution in [0.2, 0.25) is 0 Å². The Morgan fingerprint density at radius 1 is 1.71 bits per heavy atom. The number of likely N-dealkylation sites (tertiary alicyclic amines) is 1. The second-order valence-electron chi connectivity index (χ2n) is 4.20. The fourth-order valence-corrected chi connectivity index (χ4v) is 1.67. The van der Waals surface area contributed by atoms with E-state index in [1.807, 2.05) is 19.9 Å². The molecule has 1 aliphatic rings. The van der Waals surface area contributed by atoms with Crippen molar-refractivity contribution in [2.45, 2.75) is 26.3 Å². The number of carbonyl (C=O) groups is 1. The third-order valence-electron chi connectivity index (χ3n) is 2.53. The Morgan fingerprint density at radius 3 is 3.00 bits per heavy atom. The van der Waals surface area contributed by atoms with Gasteiger partial charge in [0.2, 0.25) is 5.91 Å². The van der Waals surface area contributed by atoms with Crippen LogP contribution >= 0.6 is 0 Å². The van der Waals surface area contributed by atoms with Gasteiger partial charge in [0.1, 0.15) is 0 Å². The van der Waals surface area contributed by atoms with E-state index >= 15 is 0 Å². The van der Waals surface area contributed by atoms with E-state index < -0.39 is 0 Å². The average molecular weight is 196 g/mol. The van der Waals surface area contributed by atoms with Crippen molar-refractivity contribution < 1.29 is 4.79 Å². The van der Waals surface area contributed by atoms with Crippen LogP contribution in [0, 0.1) is 5.92 Å². The lowest BCUT2D eigenvalue weighted by molar-refractivity contribution is -0.124. The SMILES string of the molecule is C=CCN1CCC(NC(=O)C(C)C)C1. The standard InChI is InChI=1S/C11H20N2O/c1-4-6-13-7-5-10(8-13)12-11(14)9(2)3/h4,9-10H,1,5-8H2,2-3H3,(H,12,14). The smallest absolute Gasteiger partial charge is 0.222 e. The summed E-state index contributed by atoms with van der Waals surface area (Å²) in [4.78, 5) is 13.7. The van der Waals surface area contributed by atoms with Crippen LogP contribution in [0.5, 0.6) is 0 Å². The van der Waals surface area contributed by atoms with Crippen molar-refractivity contribution in [1.29, 1.82) is 0 Å². The predicted octanol–water partition coefficient (Wildman–Crippen LogP) is 1.02. The van der Waals surface area contributed by atoms with Gasteiger partial charge >= 0.3 is 0 Å². The van der Waals surface area contributed by atoms with Crippen LogP contribution in [0.3, 0.4) is 0 Å². The molecule has 0 aromatic heterocycles. The summed E-state index contributed by atoms with van der Waals surface area (Å²) in [7, 11) is 0. The molecule has 1 saturated heterocycles. The van der Waals surface area contributed by atoms with Crippen molar-refractivity contribution >= 4 is 5.91 Å². The Labute approximate surface area is 86.2 Å². The quantitative estimate of drug-likeness (QED) is 0.681. The number of hydrogen-bond acceptors (Lipinski definition) is 2. The molecule has 1 unspecified atom stereocenters. The van der Waals surface area contributed by atoms with E-state index in [1.165, 1.54) is 0 Å². The maximum Gasteiger partial charge on any atom is 0.222 e. The predicted molar refractivity (Wildman–Crippen MR) is 58.0 cm³/mol. The van der Waals surface area contributed by atoms with Gasteiger partial charge in [0, 0.05) is 31.6 Å². The maximum atomic E-state index is 11.4. The first-order chi connectivity index (χ1) is 6.63. The topological polar surface area (TPSA) is 32.3 Å². The lowest BCUT2D eigenvalue weighted by atomic mass is 10.2. The molecule has 3 heteroatoms. The lowest BCUT2D eigenvalue weighted by Crippen LogP contribution is -2.39. The van der Waals surface area contributed by atoms with Crippen molar-refractivity contribution in [2.24, 2.45) is 5.92 Å². The summed E-state index contributed by atoms with van der Waals surface area (Å²) < 4.78 is 0. The van der Waals surface area contributed by atoms with E-state index in [9.17, 15) is 4.79 Å². The Bertz CT molecular complexity index is 213. The van der Waals surface area contributed by atoms with Crippen LogP contribution in [0.15, 0.2) is 12.7 Å². The minimum absolute atomic E-state index is 0.0865. The molecule has 3 nitrogen and oxygen atoms in total. The molecule has 1 rings (SSSR count). The first kappa shape index (κ1) is 11.2. The first-order valence-electron chi connectivity index (χ1n) is 5.27. The van der Waals surface area contributed by atoms with Crippen LogP contribution in [0.1, 0.15) is 20.3 Å². The lowest BCUT2D eigenvalue weighted by Gasteiger charge is -2.15. The first-order valence-corrected chi connectivity index (χ1v) is 5.27. The van der Waals surface area contributed by atoms with Crippen LogP contribution in [0.4, 0.5) is 0 Å². The van der Waals surface area contributed by atoms with Gasteiger partial charge in [0.05, 0.1) is 0 Å². The van der Waals surface area contributed by atoms with E-state index in [4.69, 9.17) is 0 Å². The highest BCUT2D eigenvalue weighted by atomic mass is 16.1. The van der Waals surface area contributed by atoms with Gasteiger partial charge < -0.3 is 5.32 Å². The van der Waals surface area contributed by atoms with E-state index in [-0.39, 0.29) is 11.8 Å². The fraction of sp³-hybridized carbons (Fsp3) is 0.727. The Hall–Kier alpha value is -0.830. The summed E-state index contributed by atoms with van der Waals surface area (Å²) in [6.07, 6.45) is 2.97. The Balaban J connectivity index is 2.28. The number of amides is 1. The Morgan fingerprint density at radius 2 is 2.43 bits per heavy atom. The van der Waals surface area contributed by atoms with Gasteiger partial charge in [-0.25, -0.2) is 0 Å². The minimum Gasteiger partial charge on any atom is -0.352 e. The second kappa shape index (κ2) is 5.15. The molecule has 0 aromatic rings. The molecule has 1 heterocycles. The van der Waals surface area contributed by atoms with Gasteiger partial charge in [-0.2, -0.15) is 0 Å². The molecule has 0 aromatic carbocycles. The normalized spacial score (nSPS) is 22.6. The third kappa shape index (κ3) is 3.14. The van der Waals surface area contributed by atoms with Crippen LogP contribution in [-0.2, 0) is 4.79 Å². The van der Waals surface area contributed by atoms with E-state index in [0.29, 0.717) is 6.04 Å². The van der Waals surface area contributed by atoms with Crippen molar-refractivity contribution in [3.63, 3.8) is 0 Å². The minimum atomic E-state index is 0.0865. The van der Waals surface area contributed by atoms with Gasteiger partial charge in [-0.15, -0.1) is 6.58 Å². The van der Waals surface area contributed by atoms with Crippen LogP contribution in [0.25, 0.3) is 0 Å². The average Bonchev–Trinajstić information content (AvgIpc) is 2.53. The summed E-state index contributed by atoms with van der Waals surface area (Å²) in [5, 5.41) is 3.05. The van der Waals surface area contributed by atoms with Crippen molar-refractivity contribution in [3.8, 4) is 0 Å². The van der Waals surface area contributed by atoms with Crippen LogP contribution < -0.4 is 5.32 Å². The maximum absolute atomic E-state index is 11.4. The zero-order valence-corrected chi connectivity index (χ0v) is 9.12. The van der Waals surface area contributed by atoms with Crippen molar-refractivity contribution in [3.05, 3.63) is 12.7 Å². The van der Waals surface area contributed by atoms with Gasteiger partial charge in [-0.3, -0.25) is 9.69 Å². The zero-order chi connectivity index (χ0) is 10.6. The summed E-state index contributed by atoms with van der Waals surface area (Å²) in [5.41, 5.74) is 0. The van der Waals surface area contributed by atoms with Gasteiger partial charge in [0.25, 0.3) is 0 Å². The molecule has 14 heavy (non-hydrogen) atoms. The largest absolute Gasteiger partial charge is 0.352 e. The summed E-state index contributed by atoms with van der Waals surface area (Å²) in [5.74, 6) is 0.249. The molecule has 1 amide bonds. The van der Waals surface area contributed by atoms with E-state index in [0.717, 1.165) is 26.1 Å². The number of nitrogens with one attached hydrogen (secondary N) is 1. The monoisotopic (exact) mass is 196 g/mol. The highest BCUT2D eigenvalue weighted by Crippen LogP contribution is 2.09. The molecule has 1 aliphatic heterocycles. The molecule has 0 radical (unpaired) electrons. The molecule has 0 saturated carbocycles. The van der Waals surface area contributed by atoms with E-state index in [1.54, 1.807) is 0 Å². The van der Waals surface area contributed by atoms with E-state index in [2.05, 4.69) is 16.8 Å². The summed E-state index contributed by atoms with van der Waals surface area (Å²) in [6, 6.07) is 0.338. The molecule has 1 atom stereocenters. The molecular formula is C11H20N2O. The van der Waals surface area contributed by atoms with Crippen LogP contribution in [-0.4, -0.2) is 36.5 Å². The molecule has 0 aliphatic carbocycles. The fourth-order valence-electron chi connectivity index (χ4n) is 1.67. The highest BCUT2D eigenvalue weighted by molar-refractivity contribution is 5.78. The third-order valence-corrected chi connectivity index (χ3v) is 2.53. The highest BCUT2D eigenvalue weighted by Gasteiger charge is 2.23. The molecule has 80 valence electrons. The number of hydrogen-bond donors (Lipinski definition) is 1. The zero-order valence-electron chi connectivity index (χ0n) is 9.12. The molecule has 1 N–H and O–H groups in total. The number of carbonyl (C=O) groups excluding carboxylic acids is 1. The Kier molecular flexibility index (Phi) is 4.14. The molecule has 0 spiro atoms. The van der Waals surface area contributed by atoms with Gasteiger partial charge in [-0.05, 0) is 6.42 Å². The second-order valence-corrected chi connectivity index (χ2v) is 4.20. The van der Waals surface area contributed by atoms with Crippen molar-refractivity contribution in [1.82, 2.24) is 10.2 Å². The number of rotatable bonds is 4.